The first kappa shape index (κ1) is 19.3. The molecule has 0 aliphatic carbocycles. The average Bonchev–Trinajstić information content (AvgIpc) is 2.48. The van der Waals surface area contributed by atoms with Gasteiger partial charge in [0, 0.05) is 23.5 Å². The highest BCUT2D eigenvalue weighted by molar-refractivity contribution is 9.10. The van der Waals surface area contributed by atoms with Crippen LogP contribution < -0.4 is 10.0 Å². The van der Waals surface area contributed by atoms with E-state index in [1.165, 1.54) is 12.1 Å². The van der Waals surface area contributed by atoms with Crippen molar-refractivity contribution in [2.45, 2.75) is 25.3 Å². The fraction of sp³-hybridized carbons (Fsp3) is 0.533. The van der Waals surface area contributed by atoms with Gasteiger partial charge in [-0.05, 0) is 44.1 Å². The van der Waals surface area contributed by atoms with Crippen molar-refractivity contribution in [3.05, 3.63) is 28.5 Å². The summed E-state index contributed by atoms with van der Waals surface area (Å²) in [5.41, 5.74) is 0.166. The number of rotatable bonds is 6. The molecule has 1 aromatic rings. The van der Waals surface area contributed by atoms with Crippen LogP contribution in [0.15, 0.2) is 22.7 Å². The van der Waals surface area contributed by atoms with Crippen molar-refractivity contribution >= 4 is 37.5 Å². The molecule has 6 nitrogen and oxygen atoms in total. The van der Waals surface area contributed by atoms with E-state index in [9.17, 15) is 17.6 Å². The third kappa shape index (κ3) is 6.46. The Morgan fingerprint density at radius 3 is 2.62 bits per heavy atom. The number of nitrogens with one attached hydrogen (secondary N) is 2. The predicted molar refractivity (Wildman–Crippen MR) is 94.8 cm³/mol. The minimum absolute atomic E-state index is 0.0399. The van der Waals surface area contributed by atoms with Gasteiger partial charge in [-0.3, -0.25) is 4.79 Å². The van der Waals surface area contributed by atoms with Crippen molar-refractivity contribution in [3.63, 3.8) is 0 Å². The second-order valence-corrected chi connectivity index (χ2v) is 8.62. The zero-order valence-corrected chi connectivity index (χ0v) is 15.8. The number of benzene rings is 1. The number of likely N-dealkylation sites (tertiary alicyclic amines) is 1. The van der Waals surface area contributed by atoms with Gasteiger partial charge >= 0.3 is 0 Å². The molecule has 1 aromatic carbocycles. The van der Waals surface area contributed by atoms with Gasteiger partial charge in [0.25, 0.3) is 0 Å². The molecule has 1 aliphatic rings. The number of amides is 1. The van der Waals surface area contributed by atoms with E-state index in [1.807, 2.05) is 0 Å². The molecule has 2 rings (SSSR count). The van der Waals surface area contributed by atoms with Crippen LogP contribution in [0.4, 0.5) is 10.1 Å². The van der Waals surface area contributed by atoms with Crippen LogP contribution in [0.3, 0.4) is 0 Å². The zero-order valence-electron chi connectivity index (χ0n) is 13.4. The van der Waals surface area contributed by atoms with E-state index in [4.69, 9.17) is 0 Å². The van der Waals surface area contributed by atoms with E-state index in [-0.39, 0.29) is 24.1 Å². The number of sulfonamides is 1. The highest BCUT2D eigenvalue weighted by atomic mass is 79.9. The van der Waals surface area contributed by atoms with Gasteiger partial charge in [-0.15, -0.1) is 0 Å². The normalized spacial score (nSPS) is 17.0. The molecule has 1 heterocycles. The Kier molecular flexibility index (Phi) is 6.73. The molecule has 24 heavy (non-hydrogen) atoms. The highest BCUT2D eigenvalue weighted by Gasteiger charge is 2.21. The minimum atomic E-state index is -3.18. The summed E-state index contributed by atoms with van der Waals surface area (Å²) in [5, 5.41) is 2.56. The van der Waals surface area contributed by atoms with Crippen molar-refractivity contribution in [2.24, 2.45) is 0 Å². The van der Waals surface area contributed by atoms with Crippen LogP contribution in [0.1, 0.15) is 19.3 Å². The number of carbonyl (C=O) groups excluding carboxylic acids is 1. The number of piperidine rings is 1. The van der Waals surface area contributed by atoms with Gasteiger partial charge in [-0.25, -0.2) is 17.5 Å². The first-order chi connectivity index (χ1) is 11.2. The van der Waals surface area contributed by atoms with E-state index in [0.717, 1.165) is 32.2 Å². The zero-order chi connectivity index (χ0) is 17.7. The van der Waals surface area contributed by atoms with Crippen LogP contribution in [-0.4, -0.2) is 51.2 Å². The molecule has 1 amide bonds. The van der Waals surface area contributed by atoms with Crippen molar-refractivity contribution in [2.75, 3.05) is 31.2 Å². The first-order valence-electron chi connectivity index (χ1n) is 7.67. The molecule has 0 atom stereocenters. The van der Waals surface area contributed by atoms with Crippen LogP contribution >= 0.6 is 15.9 Å². The van der Waals surface area contributed by atoms with Gasteiger partial charge in [-0.2, -0.15) is 0 Å². The number of hydrogen-bond donors (Lipinski definition) is 2. The summed E-state index contributed by atoms with van der Waals surface area (Å²) >= 11 is 3.17. The monoisotopic (exact) mass is 421 g/mol. The van der Waals surface area contributed by atoms with E-state index in [1.54, 1.807) is 6.07 Å². The molecule has 0 unspecified atom stereocenters. The molecule has 0 saturated carbocycles. The maximum atomic E-state index is 13.7. The van der Waals surface area contributed by atoms with Gasteiger partial charge in [0.1, 0.15) is 5.82 Å². The standard InChI is InChI=1S/C15H21BrFN3O3S/c1-24(22,23)19-12-4-7-20(8-5-12)9-6-15(21)18-14-3-2-11(16)10-13(14)17/h2-3,10,12,19H,4-9H2,1H3,(H,18,21). The molecule has 1 aliphatic heterocycles. The molecular weight excluding hydrogens is 401 g/mol. The third-order valence-corrected chi connectivity index (χ3v) is 5.08. The van der Waals surface area contributed by atoms with Gasteiger partial charge in [0.15, 0.2) is 0 Å². The lowest BCUT2D eigenvalue weighted by molar-refractivity contribution is -0.116. The fourth-order valence-corrected chi connectivity index (χ4v) is 3.81. The van der Waals surface area contributed by atoms with Crippen molar-refractivity contribution < 1.29 is 17.6 Å². The molecule has 0 bridgehead atoms. The number of halogens is 2. The summed E-state index contributed by atoms with van der Waals surface area (Å²) in [4.78, 5) is 14.0. The van der Waals surface area contributed by atoms with Crippen LogP contribution in [0.5, 0.6) is 0 Å². The van der Waals surface area contributed by atoms with Crippen LogP contribution in [0.2, 0.25) is 0 Å². The molecule has 1 fully saturated rings. The van der Waals surface area contributed by atoms with Crippen molar-refractivity contribution in [1.29, 1.82) is 0 Å². The number of nitrogens with zero attached hydrogens (tertiary/aromatic N) is 1. The van der Waals surface area contributed by atoms with Gasteiger partial charge in [0.2, 0.25) is 15.9 Å². The number of anilines is 1. The minimum Gasteiger partial charge on any atom is -0.324 e. The smallest absolute Gasteiger partial charge is 0.225 e. The molecule has 134 valence electrons. The lowest BCUT2D eigenvalue weighted by Crippen LogP contribution is -2.44. The molecular formula is C15H21BrFN3O3S. The molecule has 1 saturated heterocycles. The Morgan fingerprint density at radius 1 is 1.38 bits per heavy atom. The molecule has 2 N–H and O–H groups in total. The highest BCUT2D eigenvalue weighted by Crippen LogP contribution is 2.19. The van der Waals surface area contributed by atoms with Crippen LogP contribution in [-0.2, 0) is 14.8 Å². The second kappa shape index (κ2) is 8.37. The summed E-state index contributed by atoms with van der Waals surface area (Å²) in [6, 6.07) is 4.44. The lowest BCUT2D eigenvalue weighted by atomic mass is 10.1. The molecule has 0 aromatic heterocycles. The summed E-state index contributed by atoms with van der Waals surface area (Å²) in [6.07, 6.45) is 2.86. The number of hydrogen-bond acceptors (Lipinski definition) is 4. The Morgan fingerprint density at radius 2 is 2.04 bits per heavy atom. The summed E-state index contributed by atoms with van der Waals surface area (Å²) in [5.74, 6) is -0.724. The third-order valence-electron chi connectivity index (χ3n) is 3.83. The van der Waals surface area contributed by atoms with Gasteiger partial charge in [-0.1, -0.05) is 15.9 Å². The van der Waals surface area contributed by atoms with Crippen molar-refractivity contribution in [3.8, 4) is 0 Å². The predicted octanol–water partition coefficient (Wildman–Crippen LogP) is 1.93. The van der Waals surface area contributed by atoms with E-state index < -0.39 is 15.8 Å². The fourth-order valence-electron chi connectivity index (χ4n) is 2.64. The average molecular weight is 422 g/mol. The number of carbonyl (C=O) groups is 1. The second-order valence-electron chi connectivity index (χ2n) is 5.93. The van der Waals surface area contributed by atoms with E-state index in [0.29, 0.717) is 11.0 Å². The Balaban J connectivity index is 1.73. The SMILES string of the molecule is CS(=O)(=O)NC1CCN(CCC(=O)Nc2ccc(Br)cc2F)CC1. The van der Waals surface area contributed by atoms with Crippen molar-refractivity contribution in [1.82, 2.24) is 9.62 Å². The topological polar surface area (TPSA) is 78.5 Å². The quantitative estimate of drug-likeness (QED) is 0.735. The Labute approximate surface area is 150 Å². The summed E-state index contributed by atoms with van der Waals surface area (Å²) in [6.45, 7) is 2.02. The summed E-state index contributed by atoms with van der Waals surface area (Å²) < 4.78 is 39.3. The van der Waals surface area contributed by atoms with E-state index in [2.05, 4.69) is 30.9 Å². The largest absolute Gasteiger partial charge is 0.324 e. The maximum absolute atomic E-state index is 13.7. The lowest BCUT2D eigenvalue weighted by Gasteiger charge is -2.31. The Bertz CT molecular complexity index is 691. The summed E-state index contributed by atoms with van der Waals surface area (Å²) in [7, 11) is -3.18. The molecule has 0 spiro atoms. The van der Waals surface area contributed by atoms with E-state index >= 15 is 0 Å². The van der Waals surface area contributed by atoms with Crippen LogP contribution in [0, 0.1) is 5.82 Å². The molecule has 0 radical (unpaired) electrons. The van der Waals surface area contributed by atoms with Gasteiger partial charge in [0.05, 0.1) is 11.9 Å². The molecule has 9 heteroatoms. The van der Waals surface area contributed by atoms with Gasteiger partial charge < -0.3 is 10.2 Å². The Hall–Kier alpha value is -1.03. The van der Waals surface area contributed by atoms with Crippen LogP contribution in [0.25, 0.3) is 0 Å². The first-order valence-corrected chi connectivity index (χ1v) is 10.4. The maximum Gasteiger partial charge on any atom is 0.225 e.